The van der Waals surface area contributed by atoms with Crippen LogP contribution in [0.2, 0.25) is 0 Å². The summed E-state index contributed by atoms with van der Waals surface area (Å²) in [4.78, 5) is 10.8. The van der Waals surface area contributed by atoms with Gasteiger partial charge >= 0.3 is 0 Å². The van der Waals surface area contributed by atoms with Crippen molar-refractivity contribution < 1.29 is 4.79 Å². The smallest absolute Gasteiger partial charge is 0.217 e. The lowest BCUT2D eigenvalue weighted by atomic mass is 9.98. The molecule has 0 aromatic rings. The van der Waals surface area contributed by atoms with Crippen molar-refractivity contribution in [2.75, 3.05) is 0 Å². The van der Waals surface area contributed by atoms with Gasteiger partial charge in [0.2, 0.25) is 5.91 Å². The van der Waals surface area contributed by atoms with E-state index in [2.05, 4.69) is 26.1 Å². The monoisotopic (exact) mass is 171 g/mol. The molecule has 0 bridgehead atoms. The molecular formula is C10H21NO. The molecule has 2 unspecified atom stereocenters. The minimum Gasteiger partial charge on any atom is -0.354 e. The largest absolute Gasteiger partial charge is 0.354 e. The van der Waals surface area contributed by atoms with Gasteiger partial charge in [0.25, 0.3) is 0 Å². The fraction of sp³-hybridized carbons (Fsp3) is 0.900. The Balaban J connectivity index is 3.74. The van der Waals surface area contributed by atoms with E-state index in [1.54, 1.807) is 6.92 Å². The van der Waals surface area contributed by atoms with Gasteiger partial charge in [0.1, 0.15) is 0 Å². The topological polar surface area (TPSA) is 29.1 Å². The van der Waals surface area contributed by atoms with Gasteiger partial charge in [0.15, 0.2) is 0 Å². The molecule has 72 valence electrons. The maximum Gasteiger partial charge on any atom is 0.217 e. The van der Waals surface area contributed by atoms with E-state index in [4.69, 9.17) is 0 Å². The number of nitrogens with one attached hydrogen (secondary N) is 1. The third-order valence-corrected chi connectivity index (χ3v) is 2.28. The zero-order valence-corrected chi connectivity index (χ0v) is 8.68. The lowest BCUT2D eigenvalue weighted by molar-refractivity contribution is -0.119. The average molecular weight is 171 g/mol. The van der Waals surface area contributed by atoms with E-state index in [-0.39, 0.29) is 5.91 Å². The van der Waals surface area contributed by atoms with Crippen LogP contribution >= 0.6 is 0 Å². The van der Waals surface area contributed by atoms with Crippen molar-refractivity contribution in [3.05, 3.63) is 0 Å². The van der Waals surface area contributed by atoms with E-state index >= 15 is 0 Å². The van der Waals surface area contributed by atoms with Crippen LogP contribution in [0.3, 0.4) is 0 Å². The van der Waals surface area contributed by atoms with E-state index in [0.717, 1.165) is 12.8 Å². The van der Waals surface area contributed by atoms with Crippen molar-refractivity contribution in [1.82, 2.24) is 5.32 Å². The highest BCUT2D eigenvalue weighted by atomic mass is 16.1. The molecule has 1 N–H and O–H groups in total. The molecule has 0 heterocycles. The Kier molecular flexibility index (Phi) is 5.77. The molecule has 12 heavy (non-hydrogen) atoms. The first-order valence-corrected chi connectivity index (χ1v) is 4.87. The average Bonchev–Trinajstić information content (AvgIpc) is 2.02. The van der Waals surface area contributed by atoms with Crippen LogP contribution in [-0.2, 0) is 4.79 Å². The quantitative estimate of drug-likeness (QED) is 0.676. The van der Waals surface area contributed by atoms with Crippen molar-refractivity contribution >= 4 is 5.91 Å². The maximum absolute atomic E-state index is 10.8. The Hall–Kier alpha value is -0.530. The summed E-state index contributed by atoms with van der Waals surface area (Å²) in [6.07, 6.45) is 3.33. The first-order chi connectivity index (χ1) is 5.60. The predicted octanol–water partition coefficient (Wildman–Crippen LogP) is 2.34. The number of hydrogen-bond acceptors (Lipinski definition) is 1. The van der Waals surface area contributed by atoms with Crippen LogP contribution in [0.1, 0.15) is 47.0 Å². The summed E-state index contributed by atoms with van der Waals surface area (Å²) in [7, 11) is 0. The number of rotatable bonds is 5. The van der Waals surface area contributed by atoms with Crippen LogP contribution in [0.4, 0.5) is 0 Å². The molecule has 1 amide bonds. The van der Waals surface area contributed by atoms with Crippen molar-refractivity contribution in [3.63, 3.8) is 0 Å². The summed E-state index contributed by atoms with van der Waals surface area (Å²) in [5.74, 6) is 0.798. The number of amides is 1. The molecule has 2 heteroatoms. The van der Waals surface area contributed by atoms with E-state index in [1.165, 1.54) is 6.42 Å². The minimum atomic E-state index is 0.0881. The highest BCUT2D eigenvalue weighted by Crippen LogP contribution is 2.11. The van der Waals surface area contributed by atoms with E-state index in [1.807, 2.05) is 0 Å². The van der Waals surface area contributed by atoms with Gasteiger partial charge in [0, 0.05) is 13.0 Å². The zero-order valence-electron chi connectivity index (χ0n) is 8.68. The van der Waals surface area contributed by atoms with Crippen LogP contribution in [0.5, 0.6) is 0 Å². The molecule has 0 aliphatic rings. The Morgan fingerprint density at radius 1 is 1.33 bits per heavy atom. The van der Waals surface area contributed by atoms with Crippen LogP contribution in [0.15, 0.2) is 0 Å². The Morgan fingerprint density at radius 3 is 2.25 bits per heavy atom. The highest BCUT2D eigenvalue weighted by Gasteiger charge is 2.10. The van der Waals surface area contributed by atoms with Gasteiger partial charge in [-0.2, -0.15) is 0 Å². The Morgan fingerprint density at radius 2 is 1.92 bits per heavy atom. The number of hydrogen-bond donors (Lipinski definition) is 1. The second-order valence-corrected chi connectivity index (χ2v) is 3.55. The number of carbonyl (C=O) groups excluding carboxylic acids is 1. The van der Waals surface area contributed by atoms with Crippen LogP contribution in [0, 0.1) is 5.92 Å². The van der Waals surface area contributed by atoms with Crippen LogP contribution in [-0.4, -0.2) is 11.9 Å². The van der Waals surface area contributed by atoms with Gasteiger partial charge in [-0.1, -0.05) is 27.2 Å². The van der Waals surface area contributed by atoms with E-state index in [9.17, 15) is 4.79 Å². The zero-order chi connectivity index (χ0) is 9.56. The van der Waals surface area contributed by atoms with Crippen LogP contribution < -0.4 is 5.32 Å². The van der Waals surface area contributed by atoms with Gasteiger partial charge in [0.05, 0.1) is 0 Å². The first-order valence-electron chi connectivity index (χ1n) is 4.87. The molecule has 0 aliphatic carbocycles. The minimum absolute atomic E-state index is 0.0881. The molecular weight excluding hydrogens is 150 g/mol. The highest BCUT2D eigenvalue weighted by molar-refractivity contribution is 5.73. The maximum atomic E-state index is 10.8. The molecule has 0 aliphatic heterocycles. The van der Waals surface area contributed by atoms with E-state index < -0.39 is 0 Å². The Labute approximate surface area is 75.7 Å². The van der Waals surface area contributed by atoms with Gasteiger partial charge in [-0.25, -0.2) is 0 Å². The predicted molar refractivity (Wildman–Crippen MR) is 52.0 cm³/mol. The lowest BCUT2D eigenvalue weighted by Crippen LogP contribution is -2.33. The third-order valence-electron chi connectivity index (χ3n) is 2.28. The SMILES string of the molecule is CCC(C)CC(CC)NC(C)=O. The summed E-state index contributed by atoms with van der Waals surface area (Å²) in [6, 6.07) is 0.373. The molecule has 0 saturated carbocycles. The van der Waals surface area contributed by atoms with Crippen molar-refractivity contribution in [1.29, 1.82) is 0 Å². The molecule has 0 rings (SSSR count). The fourth-order valence-corrected chi connectivity index (χ4v) is 1.27. The van der Waals surface area contributed by atoms with Gasteiger partial charge in [-0.15, -0.1) is 0 Å². The normalized spacial score (nSPS) is 15.3. The van der Waals surface area contributed by atoms with Gasteiger partial charge in [-0.05, 0) is 18.8 Å². The summed E-state index contributed by atoms with van der Waals surface area (Å²) in [5, 5.41) is 2.96. The fourth-order valence-electron chi connectivity index (χ4n) is 1.27. The lowest BCUT2D eigenvalue weighted by Gasteiger charge is -2.19. The molecule has 2 nitrogen and oxygen atoms in total. The van der Waals surface area contributed by atoms with Gasteiger partial charge < -0.3 is 5.32 Å². The van der Waals surface area contributed by atoms with Crippen molar-refractivity contribution in [3.8, 4) is 0 Å². The standard InChI is InChI=1S/C10H21NO/c1-5-8(3)7-10(6-2)11-9(4)12/h8,10H,5-7H2,1-4H3,(H,11,12). The van der Waals surface area contributed by atoms with E-state index in [0.29, 0.717) is 12.0 Å². The summed E-state index contributed by atoms with van der Waals surface area (Å²) in [6.45, 7) is 8.11. The molecule has 0 fully saturated rings. The second kappa shape index (κ2) is 6.04. The Bertz CT molecular complexity index is 134. The molecule has 0 spiro atoms. The first kappa shape index (κ1) is 11.5. The molecule has 0 aromatic heterocycles. The summed E-state index contributed by atoms with van der Waals surface area (Å²) < 4.78 is 0. The van der Waals surface area contributed by atoms with Gasteiger partial charge in [-0.3, -0.25) is 4.79 Å². The molecule has 0 saturated heterocycles. The number of carbonyl (C=O) groups is 1. The second-order valence-electron chi connectivity index (χ2n) is 3.55. The molecule has 2 atom stereocenters. The summed E-state index contributed by atoms with van der Waals surface area (Å²) in [5.41, 5.74) is 0. The third kappa shape index (κ3) is 5.16. The van der Waals surface area contributed by atoms with Crippen molar-refractivity contribution in [2.45, 2.75) is 53.0 Å². The molecule has 0 radical (unpaired) electrons. The summed E-state index contributed by atoms with van der Waals surface area (Å²) >= 11 is 0. The van der Waals surface area contributed by atoms with Crippen LogP contribution in [0.25, 0.3) is 0 Å². The van der Waals surface area contributed by atoms with Crippen molar-refractivity contribution in [2.24, 2.45) is 5.92 Å². The molecule has 0 aromatic carbocycles.